The number of rotatable bonds is 6. The molecule has 1 rings (SSSR count). The number of hydrogen-bond acceptors (Lipinski definition) is 4. The summed E-state index contributed by atoms with van der Waals surface area (Å²) in [6.45, 7) is 4.19. The van der Waals surface area contributed by atoms with E-state index in [1.807, 2.05) is 17.5 Å². The predicted molar refractivity (Wildman–Crippen MR) is 75.4 cm³/mol. The Morgan fingerprint density at radius 2 is 2.05 bits per heavy atom. The van der Waals surface area contributed by atoms with Crippen molar-refractivity contribution in [2.24, 2.45) is 0 Å². The van der Waals surface area contributed by atoms with Gasteiger partial charge in [0.15, 0.2) is 0 Å². The van der Waals surface area contributed by atoms with E-state index >= 15 is 0 Å². The monoisotopic (exact) mass is 298 g/mol. The lowest BCUT2D eigenvalue weighted by atomic mass is 10.0. The molecule has 0 fully saturated rings. The number of hydrogen-bond donors (Lipinski definition) is 3. The largest absolute Gasteiger partial charge is 0.480 e. The molecule has 6 nitrogen and oxygen atoms in total. The van der Waals surface area contributed by atoms with Crippen molar-refractivity contribution in [3.8, 4) is 0 Å². The molecule has 0 radical (unpaired) electrons. The van der Waals surface area contributed by atoms with E-state index in [1.165, 1.54) is 32.1 Å². The predicted octanol–water partition coefficient (Wildman–Crippen LogP) is 1.29. The van der Waals surface area contributed by atoms with Crippen LogP contribution in [0, 0.1) is 0 Å². The van der Waals surface area contributed by atoms with Gasteiger partial charge in [0.2, 0.25) is 11.8 Å². The smallest absolute Gasteiger partial charge is 0.328 e. The lowest BCUT2D eigenvalue weighted by Gasteiger charge is -2.23. The van der Waals surface area contributed by atoms with Crippen LogP contribution in [-0.4, -0.2) is 28.4 Å². The average Bonchev–Trinajstić information content (AvgIpc) is 2.79. The molecule has 0 aliphatic rings. The molecular formula is C13H18N2O4S. The van der Waals surface area contributed by atoms with Gasteiger partial charge in [0.05, 0.1) is 12.5 Å². The fourth-order valence-corrected chi connectivity index (χ4v) is 2.37. The second-order valence-electron chi connectivity index (χ2n) is 4.95. The first-order chi connectivity index (χ1) is 9.22. The van der Waals surface area contributed by atoms with Gasteiger partial charge in [-0.25, -0.2) is 4.79 Å². The third kappa shape index (κ3) is 4.65. The van der Waals surface area contributed by atoms with E-state index < -0.39 is 23.5 Å². The molecule has 1 aromatic rings. The van der Waals surface area contributed by atoms with Crippen molar-refractivity contribution in [2.45, 2.75) is 38.8 Å². The fraction of sp³-hybridized carbons (Fsp3) is 0.462. The molecular weight excluding hydrogens is 280 g/mol. The average molecular weight is 298 g/mol. The summed E-state index contributed by atoms with van der Waals surface area (Å²) < 4.78 is 0. The second-order valence-corrected chi connectivity index (χ2v) is 5.93. The molecule has 1 aromatic heterocycles. The Balaban J connectivity index is 2.73. The van der Waals surface area contributed by atoms with Gasteiger partial charge in [-0.2, -0.15) is 0 Å². The molecule has 0 aliphatic carbocycles. The van der Waals surface area contributed by atoms with Crippen LogP contribution < -0.4 is 10.6 Å². The molecule has 0 aromatic carbocycles. The van der Waals surface area contributed by atoms with Gasteiger partial charge >= 0.3 is 5.97 Å². The lowest BCUT2D eigenvalue weighted by Crippen LogP contribution is -2.50. The topological polar surface area (TPSA) is 95.5 Å². The summed E-state index contributed by atoms with van der Waals surface area (Å²) in [7, 11) is 0. The summed E-state index contributed by atoms with van der Waals surface area (Å²) in [6, 6.07) is 3.20. The lowest BCUT2D eigenvalue weighted by molar-refractivity contribution is -0.146. The summed E-state index contributed by atoms with van der Waals surface area (Å²) in [6.07, 6.45) is -0.00317. The zero-order chi connectivity index (χ0) is 15.3. The van der Waals surface area contributed by atoms with Gasteiger partial charge in [-0.15, -0.1) is 11.3 Å². The quantitative estimate of drug-likeness (QED) is 0.737. The molecule has 0 bridgehead atoms. The van der Waals surface area contributed by atoms with Crippen LogP contribution in [0.2, 0.25) is 0 Å². The Morgan fingerprint density at radius 1 is 1.40 bits per heavy atom. The summed E-state index contributed by atoms with van der Waals surface area (Å²) in [5.74, 6) is -1.78. The maximum Gasteiger partial charge on any atom is 0.328 e. The fourth-order valence-electron chi connectivity index (χ4n) is 1.60. The van der Waals surface area contributed by atoms with Crippen molar-refractivity contribution in [1.29, 1.82) is 0 Å². The van der Waals surface area contributed by atoms with E-state index in [2.05, 4.69) is 10.6 Å². The number of aliphatic carboxylic acids is 1. The highest BCUT2D eigenvalue weighted by molar-refractivity contribution is 7.10. The van der Waals surface area contributed by atoms with Crippen molar-refractivity contribution < 1.29 is 19.5 Å². The molecule has 20 heavy (non-hydrogen) atoms. The van der Waals surface area contributed by atoms with Gasteiger partial charge in [-0.1, -0.05) is 6.07 Å². The van der Waals surface area contributed by atoms with Crippen molar-refractivity contribution >= 4 is 29.1 Å². The molecule has 0 saturated carbocycles. The van der Waals surface area contributed by atoms with Crippen molar-refractivity contribution in [3.05, 3.63) is 22.4 Å². The third-order valence-corrected chi connectivity index (χ3v) is 3.63. The Morgan fingerprint density at radius 3 is 2.50 bits per heavy atom. The molecule has 7 heteroatoms. The summed E-state index contributed by atoms with van der Waals surface area (Å²) in [5.41, 5.74) is -1.34. The van der Waals surface area contributed by atoms with Crippen LogP contribution in [0.15, 0.2) is 17.5 Å². The third-order valence-electron chi connectivity index (χ3n) is 2.64. The number of carboxylic acid groups (broad SMARTS) is 1. The van der Waals surface area contributed by atoms with Gasteiger partial charge in [-0.3, -0.25) is 9.59 Å². The van der Waals surface area contributed by atoms with Crippen LogP contribution >= 0.6 is 11.3 Å². The number of carbonyl (C=O) groups is 3. The SMILES string of the molecule is CC(=O)NC(CC(=O)NC(C)(C)C(=O)O)c1cccs1. The normalized spacial score (nSPS) is 12.6. The molecule has 1 atom stereocenters. The van der Waals surface area contributed by atoms with Crippen molar-refractivity contribution in [3.63, 3.8) is 0 Å². The minimum absolute atomic E-state index is 0.00317. The Kier molecular flexibility index (Phi) is 5.26. The van der Waals surface area contributed by atoms with Crippen molar-refractivity contribution in [1.82, 2.24) is 10.6 Å². The first-order valence-corrected chi connectivity index (χ1v) is 6.95. The molecule has 1 unspecified atom stereocenters. The highest BCUT2D eigenvalue weighted by atomic mass is 32.1. The zero-order valence-electron chi connectivity index (χ0n) is 11.6. The summed E-state index contributed by atoms with van der Waals surface area (Å²) in [5, 5.41) is 15.9. The van der Waals surface area contributed by atoms with Gasteiger partial charge in [0.25, 0.3) is 0 Å². The van der Waals surface area contributed by atoms with E-state index in [4.69, 9.17) is 5.11 Å². The maximum atomic E-state index is 11.9. The van der Waals surface area contributed by atoms with E-state index in [0.717, 1.165) is 4.88 Å². The first kappa shape index (κ1) is 16.2. The highest BCUT2D eigenvalue weighted by Gasteiger charge is 2.30. The minimum atomic E-state index is -1.34. The standard InChI is InChI=1S/C13H18N2O4S/c1-8(16)14-9(10-5-4-6-20-10)7-11(17)15-13(2,3)12(18)19/h4-6,9H,7H2,1-3H3,(H,14,16)(H,15,17)(H,18,19). The number of thiophene rings is 1. The number of nitrogens with one attached hydrogen (secondary N) is 2. The van der Waals surface area contributed by atoms with E-state index in [1.54, 1.807) is 0 Å². The molecule has 3 N–H and O–H groups in total. The van der Waals surface area contributed by atoms with Crippen LogP contribution in [0.3, 0.4) is 0 Å². The van der Waals surface area contributed by atoms with Crippen LogP contribution in [-0.2, 0) is 14.4 Å². The summed E-state index contributed by atoms with van der Waals surface area (Å²) in [4.78, 5) is 34.9. The van der Waals surface area contributed by atoms with Crippen LogP contribution in [0.1, 0.15) is 38.1 Å². The van der Waals surface area contributed by atoms with E-state index in [9.17, 15) is 14.4 Å². The van der Waals surface area contributed by atoms with Gasteiger partial charge in [0, 0.05) is 11.8 Å². The van der Waals surface area contributed by atoms with E-state index in [0.29, 0.717) is 0 Å². The molecule has 110 valence electrons. The van der Waals surface area contributed by atoms with Gasteiger partial charge in [0.1, 0.15) is 5.54 Å². The van der Waals surface area contributed by atoms with Crippen LogP contribution in [0.5, 0.6) is 0 Å². The Bertz CT molecular complexity index is 496. The molecule has 1 heterocycles. The zero-order valence-corrected chi connectivity index (χ0v) is 12.4. The second kappa shape index (κ2) is 6.51. The number of carboxylic acids is 1. The van der Waals surface area contributed by atoms with Gasteiger partial charge in [-0.05, 0) is 25.3 Å². The molecule has 0 spiro atoms. The summed E-state index contributed by atoms with van der Waals surface area (Å²) >= 11 is 1.43. The van der Waals surface area contributed by atoms with Crippen LogP contribution in [0.25, 0.3) is 0 Å². The Labute approximate surface area is 121 Å². The molecule has 0 saturated heterocycles. The van der Waals surface area contributed by atoms with Crippen LogP contribution in [0.4, 0.5) is 0 Å². The van der Waals surface area contributed by atoms with Gasteiger partial charge < -0.3 is 15.7 Å². The van der Waals surface area contributed by atoms with E-state index in [-0.39, 0.29) is 12.3 Å². The number of amides is 2. The maximum absolute atomic E-state index is 11.9. The Hall–Kier alpha value is -1.89. The number of carbonyl (C=O) groups excluding carboxylic acids is 2. The molecule has 0 aliphatic heterocycles. The highest BCUT2D eigenvalue weighted by Crippen LogP contribution is 2.22. The molecule has 2 amide bonds. The first-order valence-electron chi connectivity index (χ1n) is 6.07. The minimum Gasteiger partial charge on any atom is -0.480 e. The van der Waals surface area contributed by atoms with Crippen molar-refractivity contribution in [2.75, 3.05) is 0 Å².